The van der Waals surface area contributed by atoms with Crippen LogP contribution in [0.15, 0.2) is 0 Å². The Hall–Kier alpha value is -1.85. The third-order valence-electron chi connectivity index (χ3n) is 6.35. The molecule has 1 unspecified atom stereocenters. The Bertz CT molecular complexity index is 665. The summed E-state index contributed by atoms with van der Waals surface area (Å²) < 4.78 is 2.05. The van der Waals surface area contributed by atoms with E-state index in [9.17, 15) is 9.59 Å². The van der Waals surface area contributed by atoms with E-state index < -0.39 is 0 Å². The highest BCUT2D eigenvalue weighted by Gasteiger charge is 2.32. The van der Waals surface area contributed by atoms with Gasteiger partial charge in [0.05, 0.1) is 5.69 Å². The van der Waals surface area contributed by atoms with Gasteiger partial charge >= 0.3 is 0 Å². The number of aromatic nitrogens is 2. The number of hydrogen-bond acceptors (Lipinski definition) is 3. The highest BCUT2D eigenvalue weighted by atomic mass is 16.2. The molecule has 0 spiro atoms. The van der Waals surface area contributed by atoms with E-state index in [1.807, 2.05) is 9.80 Å². The van der Waals surface area contributed by atoms with Gasteiger partial charge in [-0.15, -0.1) is 0 Å². The summed E-state index contributed by atoms with van der Waals surface area (Å²) in [5.74, 6) is 1.09. The van der Waals surface area contributed by atoms with Gasteiger partial charge in [-0.05, 0) is 50.9 Å². The Kier molecular flexibility index (Phi) is 5.50. The minimum absolute atomic E-state index is 0.0195. The summed E-state index contributed by atoms with van der Waals surface area (Å²) >= 11 is 0. The lowest BCUT2D eigenvalue weighted by Gasteiger charge is -2.30. The zero-order valence-electron chi connectivity index (χ0n) is 16.6. The summed E-state index contributed by atoms with van der Waals surface area (Å²) in [4.78, 5) is 35.0. The van der Waals surface area contributed by atoms with Crippen molar-refractivity contribution in [3.05, 3.63) is 17.2 Å². The molecular weight excluding hydrogens is 340 g/mol. The first kappa shape index (κ1) is 18.5. The van der Waals surface area contributed by atoms with Crippen molar-refractivity contribution < 1.29 is 9.59 Å². The molecule has 0 saturated carbocycles. The van der Waals surface area contributed by atoms with Crippen molar-refractivity contribution in [1.29, 1.82) is 0 Å². The van der Waals surface area contributed by atoms with E-state index in [1.54, 1.807) is 0 Å². The second-order valence-corrected chi connectivity index (χ2v) is 8.54. The van der Waals surface area contributed by atoms with Crippen LogP contribution in [0, 0.1) is 5.92 Å². The zero-order valence-corrected chi connectivity index (χ0v) is 16.6. The van der Waals surface area contributed by atoms with Crippen LogP contribution in [0.3, 0.4) is 0 Å². The predicted octanol–water partition coefficient (Wildman–Crippen LogP) is 3.11. The molecule has 0 aliphatic carbocycles. The lowest BCUT2D eigenvalue weighted by atomic mass is 9.99. The van der Waals surface area contributed by atoms with E-state index in [0.717, 1.165) is 76.9 Å². The van der Waals surface area contributed by atoms with Gasteiger partial charge < -0.3 is 14.4 Å². The monoisotopic (exact) mass is 372 g/mol. The van der Waals surface area contributed by atoms with Gasteiger partial charge in [-0.1, -0.05) is 19.8 Å². The zero-order chi connectivity index (χ0) is 18.8. The summed E-state index contributed by atoms with van der Waals surface area (Å²) in [6, 6.07) is 0. The lowest BCUT2D eigenvalue weighted by Crippen LogP contribution is -2.39. The molecule has 4 rings (SSSR count). The number of imidazole rings is 1. The standard InChI is InChI=1S/C21H32N4O2/c1-16-9-8-13-24(15-16)20(26)18-17-10-4-7-14-25(17)19(22-18)21(27)23-11-5-2-3-6-12-23/h16H,2-15H2,1H3. The Balaban J connectivity index is 1.63. The largest absolute Gasteiger partial charge is 0.337 e. The fraction of sp³-hybridized carbons (Fsp3) is 0.762. The highest BCUT2D eigenvalue weighted by molar-refractivity contribution is 5.97. The normalized spacial score (nSPS) is 23.7. The van der Waals surface area contributed by atoms with Crippen LogP contribution in [0.2, 0.25) is 0 Å². The predicted molar refractivity (Wildman–Crippen MR) is 104 cm³/mol. The second-order valence-electron chi connectivity index (χ2n) is 8.54. The van der Waals surface area contributed by atoms with Crippen LogP contribution in [0.1, 0.15) is 85.1 Å². The molecule has 6 nitrogen and oxygen atoms in total. The average molecular weight is 373 g/mol. The molecule has 1 aromatic rings. The van der Waals surface area contributed by atoms with E-state index in [0.29, 0.717) is 17.4 Å². The number of carbonyl (C=O) groups is 2. The number of hydrogen-bond donors (Lipinski definition) is 0. The summed E-state index contributed by atoms with van der Waals surface area (Å²) in [6.07, 6.45) is 9.74. The Labute approximate surface area is 161 Å². The van der Waals surface area contributed by atoms with Crippen molar-refractivity contribution in [3.8, 4) is 0 Å². The lowest BCUT2D eigenvalue weighted by molar-refractivity contribution is 0.0676. The first-order chi connectivity index (χ1) is 13.1. The van der Waals surface area contributed by atoms with Gasteiger partial charge in [0, 0.05) is 32.7 Å². The van der Waals surface area contributed by atoms with Gasteiger partial charge in [-0.2, -0.15) is 0 Å². The Morgan fingerprint density at radius 1 is 0.852 bits per heavy atom. The first-order valence-corrected chi connectivity index (χ1v) is 10.8. The highest BCUT2D eigenvalue weighted by Crippen LogP contribution is 2.25. The van der Waals surface area contributed by atoms with Crippen LogP contribution in [-0.2, 0) is 13.0 Å². The summed E-state index contributed by atoms with van der Waals surface area (Å²) in [5, 5.41) is 0. The quantitative estimate of drug-likeness (QED) is 0.801. The molecular formula is C21H32N4O2. The van der Waals surface area contributed by atoms with E-state index in [4.69, 9.17) is 0 Å². The summed E-state index contributed by atoms with van der Waals surface area (Å²) in [5.41, 5.74) is 1.53. The van der Waals surface area contributed by atoms with Crippen molar-refractivity contribution >= 4 is 11.8 Å². The molecule has 1 aromatic heterocycles. The van der Waals surface area contributed by atoms with E-state index in [1.165, 1.54) is 19.3 Å². The summed E-state index contributed by atoms with van der Waals surface area (Å²) in [7, 11) is 0. The van der Waals surface area contributed by atoms with E-state index >= 15 is 0 Å². The smallest absolute Gasteiger partial charge is 0.289 e. The molecule has 0 bridgehead atoms. The molecule has 0 N–H and O–H groups in total. The fourth-order valence-electron chi connectivity index (χ4n) is 4.82. The molecule has 148 valence electrons. The van der Waals surface area contributed by atoms with Gasteiger partial charge in [-0.25, -0.2) is 4.98 Å². The Morgan fingerprint density at radius 3 is 2.30 bits per heavy atom. The number of fused-ring (bicyclic) bond motifs is 1. The maximum atomic E-state index is 13.2. The molecule has 1 atom stereocenters. The maximum absolute atomic E-state index is 13.2. The number of piperidine rings is 1. The van der Waals surface area contributed by atoms with Crippen molar-refractivity contribution in [1.82, 2.24) is 19.4 Å². The maximum Gasteiger partial charge on any atom is 0.289 e. The average Bonchev–Trinajstić information content (AvgIpc) is 2.86. The van der Waals surface area contributed by atoms with Gasteiger partial charge in [0.1, 0.15) is 5.69 Å². The van der Waals surface area contributed by atoms with Crippen LogP contribution >= 0.6 is 0 Å². The van der Waals surface area contributed by atoms with Gasteiger partial charge in [-0.3, -0.25) is 9.59 Å². The molecule has 2 saturated heterocycles. The number of rotatable bonds is 2. The van der Waals surface area contributed by atoms with Crippen molar-refractivity contribution in [3.63, 3.8) is 0 Å². The molecule has 27 heavy (non-hydrogen) atoms. The van der Waals surface area contributed by atoms with Crippen molar-refractivity contribution in [2.75, 3.05) is 26.2 Å². The van der Waals surface area contributed by atoms with Crippen molar-refractivity contribution in [2.45, 2.75) is 71.3 Å². The van der Waals surface area contributed by atoms with Crippen LogP contribution in [-0.4, -0.2) is 57.3 Å². The number of carbonyl (C=O) groups excluding carboxylic acids is 2. The van der Waals surface area contributed by atoms with Gasteiger partial charge in [0.15, 0.2) is 5.82 Å². The second kappa shape index (κ2) is 8.03. The number of amides is 2. The van der Waals surface area contributed by atoms with Crippen LogP contribution < -0.4 is 0 Å². The first-order valence-electron chi connectivity index (χ1n) is 10.8. The topological polar surface area (TPSA) is 58.4 Å². The number of nitrogens with zero attached hydrogens (tertiary/aromatic N) is 4. The molecule has 0 radical (unpaired) electrons. The molecule has 3 aliphatic rings. The van der Waals surface area contributed by atoms with Gasteiger partial charge in [0.2, 0.25) is 0 Å². The molecule has 0 aromatic carbocycles. The molecule has 2 fully saturated rings. The minimum Gasteiger partial charge on any atom is -0.337 e. The Morgan fingerprint density at radius 2 is 1.56 bits per heavy atom. The van der Waals surface area contributed by atoms with E-state index in [2.05, 4.69) is 16.5 Å². The van der Waals surface area contributed by atoms with Gasteiger partial charge in [0.25, 0.3) is 11.8 Å². The summed E-state index contributed by atoms with van der Waals surface area (Å²) in [6.45, 7) is 6.25. The van der Waals surface area contributed by atoms with Crippen LogP contribution in [0.4, 0.5) is 0 Å². The molecule has 2 amide bonds. The third kappa shape index (κ3) is 3.76. The molecule has 6 heteroatoms. The molecule has 3 aliphatic heterocycles. The third-order valence-corrected chi connectivity index (χ3v) is 6.35. The van der Waals surface area contributed by atoms with E-state index in [-0.39, 0.29) is 11.8 Å². The fourth-order valence-corrected chi connectivity index (χ4v) is 4.82. The molecule has 4 heterocycles. The van der Waals surface area contributed by atoms with Crippen LogP contribution in [0.25, 0.3) is 0 Å². The minimum atomic E-state index is 0.0195. The number of likely N-dealkylation sites (tertiary alicyclic amines) is 2. The van der Waals surface area contributed by atoms with Crippen LogP contribution in [0.5, 0.6) is 0 Å². The van der Waals surface area contributed by atoms with Crippen molar-refractivity contribution in [2.24, 2.45) is 5.92 Å². The SMILES string of the molecule is CC1CCCN(C(=O)c2nc(C(=O)N3CCCCCC3)n3c2CCCC3)C1.